The lowest BCUT2D eigenvalue weighted by atomic mass is 10.0. The molecule has 0 amide bonds. The highest BCUT2D eigenvalue weighted by molar-refractivity contribution is 5.51. The third-order valence-electron chi connectivity index (χ3n) is 3.84. The maximum absolute atomic E-state index is 14.1. The standard InChI is InChI=1S/C15H20F4N2/c1-2-20-10-12-5-3-4-8-21(12)14-7-6-11(9-13(14)16)15(17,18)19/h6-7,9,12,20H,2-5,8,10H2,1H3. The Hall–Kier alpha value is -1.30. The minimum absolute atomic E-state index is 0.130. The van der Waals surface area contributed by atoms with Gasteiger partial charge < -0.3 is 10.2 Å². The number of likely N-dealkylation sites (N-methyl/N-ethyl adjacent to an activating group) is 1. The summed E-state index contributed by atoms with van der Waals surface area (Å²) in [4.78, 5) is 1.89. The highest BCUT2D eigenvalue weighted by atomic mass is 19.4. The fourth-order valence-corrected chi connectivity index (χ4v) is 2.76. The Kier molecular flexibility index (Phi) is 5.08. The zero-order chi connectivity index (χ0) is 15.5. The summed E-state index contributed by atoms with van der Waals surface area (Å²) in [5.41, 5.74) is -0.672. The fraction of sp³-hybridized carbons (Fsp3) is 0.600. The molecule has 1 heterocycles. The van der Waals surface area contributed by atoms with E-state index in [4.69, 9.17) is 0 Å². The van der Waals surface area contributed by atoms with Crippen LogP contribution in [0.1, 0.15) is 31.7 Å². The number of hydrogen-bond acceptors (Lipinski definition) is 2. The number of hydrogen-bond donors (Lipinski definition) is 1. The number of nitrogens with zero attached hydrogens (tertiary/aromatic N) is 1. The second-order valence-corrected chi connectivity index (χ2v) is 5.31. The average Bonchev–Trinajstić information content (AvgIpc) is 2.44. The summed E-state index contributed by atoms with van der Waals surface area (Å²) in [6.07, 6.45) is -1.59. The zero-order valence-electron chi connectivity index (χ0n) is 12.0. The van der Waals surface area contributed by atoms with Gasteiger partial charge in [-0.25, -0.2) is 4.39 Å². The van der Waals surface area contributed by atoms with Gasteiger partial charge in [0.05, 0.1) is 11.3 Å². The smallest absolute Gasteiger partial charge is 0.365 e. The van der Waals surface area contributed by atoms with E-state index in [2.05, 4.69) is 5.32 Å². The largest absolute Gasteiger partial charge is 0.416 e. The normalized spacial score (nSPS) is 19.9. The van der Waals surface area contributed by atoms with Gasteiger partial charge in [-0.15, -0.1) is 0 Å². The van der Waals surface area contributed by atoms with Crippen molar-refractivity contribution in [3.63, 3.8) is 0 Å². The van der Waals surface area contributed by atoms with Gasteiger partial charge in [0.2, 0.25) is 0 Å². The van der Waals surface area contributed by atoms with Crippen LogP contribution in [0.25, 0.3) is 0 Å². The van der Waals surface area contributed by atoms with Crippen LogP contribution in [-0.2, 0) is 6.18 Å². The summed E-state index contributed by atoms with van der Waals surface area (Å²) in [6.45, 7) is 4.21. The lowest BCUT2D eigenvalue weighted by molar-refractivity contribution is -0.137. The van der Waals surface area contributed by atoms with E-state index in [1.54, 1.807) is 0 Å². The van der Waals surface area contributed by atoms with Crippen LogP contribution in [0.3, 0.4) is 0 Å². The van der Waals surface area contributed by atoms with Gasteiger partial charge in [-0.2, -0.15) is 13.2 Å². The molecule has 1 aliphatic heterocycles. The van der Waals surface area contributed by atoms with Crippen molar-refractivity contribution in [1.29, 1.82) is 0 Å². The molecule has 1 N–H and O–H groups in total. The molecule has 1 unspecified atom stereocenters. The van der Waals surface area contributed by atoms with Gasteiger partial charge >= 0.3 is 6.18 Å². The number of halogens is 4. The predicted octanol–water partition coefficient (Wildman–Crippen LogP) is 3.81. The van der Waals surface area contributed by atoms with Crippen LogP contribution in [0, 0.1) is 5.82 Å². The number of nitrogens with one attached hydrogen (secondary N) is 1. The predicted molar refractivity (Wildman–Crippen MR) is 74.9 cm³/mol. The van der Waals surface area contributed by atoms with E-state index in [9.17, 15) is 17.6 Å². The molecule has 0 spiro atoms. The highest BCUT2D eigenvalue weighted by Crippen LogP contribution is 2.34. The molecule has 2 rings (SSSR count). The van der Waals surface area contributed by atoms with Gasteiger partial charge in [-0.3, -0.25) is 0 Å². The van der Waals surface area contributed by atoms with Crippen molar-refractivity contribution in [2.75, 3.05) is 24.5 Å². The topological polar surface area (TPSA) is 15.3 Å². The van der Waals surface area contributed by atoms with Gasteiger partial charge in [0.15, 0.2) is 0 Å². The van der Waals surface area contributed by atoms with Crippen molar-refractivity contribution in [2.24, 2.45) is 0 Å². The summed E-state index contributed by atoms with van der Waals surface area (Å²) in [5.74, 6) is -0.798. The first-order valence-electron chi connectivity index (χ1n) is 7.27. The number of rotatable bonds is 4. The molecule has 1 aromatic rings. The molecule has 0 saturated carbocycles. The van der Waals surface area contributed by atoms with Crippen LogP contribution in [0.2, 0.25) is 0 Å². The second kappa shape index (κ2) is 6.64. The quantitative estimate of drug-likeness (QED) is 0.851. The maximum atomic E-state index is 14.1. The van der Waals surface area contributed by atoms with Gasteiger partial charge in [-0.1, -0.05) is 6.92 Å². The molecular formula is C15H20F4N2. The average molecular weight is 304 g/mol. The SMILES string of the molecule is CCNCC1CCCCN1c1ccc(C(F)(F)F)cc1F. The summed E-state index contributed by atoms with van der Waals surface area (Å²) in [5, 5.41) is 3.23. The van der Waals surface area contributed by atoms with Crippen molar-refractivity contribution < 1.29 is 17.6 Å². The van der Waals surface area contributed by atoms with Gasteiger partial charge in [0.1, 0.15) is 5.82 Å². The number of alkyl halides is 3. The highest BCUT2D eigenvalue weighted by Gasteiger charge is 2.32. The van der Waals surface area contributed by atoms with Crippen LogP contribution in [-0.4, -0.2) is 25.7 Å². The molecule has 0 radical (unpaired) electrons. The zero-order valence-corrected chi connectivity index (χ0v) is 12.0. The molecule has 1 saturated heterocycles. The van der Waals surface area contributed by atoms with Crippen molar-refractivity contribution in [1.82, 2.24) is 5.32 Å². The Labute approximate surface area is 122 Å². The molecule has 21 heavy (non-hydrogen) atoms. The van der Waals surface area contributed by atoms with E-state index >= 15 is 0 Å². The number of anilines is 1. The van der Waals surface area contributed by atoms with E-state index in [1.165, 1.54) is 6.07 Å². The van der Waals surface area contributed by atoms with Crippen LogP contribution >= 0.6 is 0 Å². The molecular weight excluding hydrogens is 284 g/mol. The minimum Gasteiger partial charge on any atom is -0.365 e. The van der Waals surface area contributed by atoms with Crippen LogP contribution in [0.5, 0.6) is 0 Å². The summed E-state index contributed by atoms with van der Waals surface area (Å²) < 4.78 is 51.9. The number of benzene rings is 1. The molecule has 2 nitrogen and oxygen atoms in total. The molecule has 0 aromatic heterocycles. The second-order valence-electron chi connectivity index (χ2n) is 5.31. The lowest BCUT2D eigenvalue weighted by Crippen LogP contribution is -2.46. The molecule has 1 fully saturated rings. The summed E-state index contributed by atoms with van der Waals surface area (Å²) in [7, 11) is 0. The molecule has 1 aliphatic rings. The van der Waals surface area contributed by atoms with Crippen molar-refractivity contribution >= 4 is 5.69 Å². The van der Waals surface area contributed by atoms with Crippen molar-refractivity contribution in [3.05, 3.63) is 29.6 Å². The van der Waals surface area contributed by atoms with Gasteiger partial charge in [0.25, 0.3) is 0 Å². The molecule has 1 atom stereocenters. The Morgan fingerprint density at radius 2 is 2.05 bits per heavy atom. The minimum atomic E-state index is -4.51. The van der Waals surface area contributed by atoms with Crippen molar-refractivity contribution in [3.8, 4) is 0 Å². The Bertz CT molecular complexity index is 473. The first kappa shape index (κ1) is 16.1. The van der Waals surface area contributed by atoms with Gasteiger partial charge in [0, 0.05) is 19.1 Å². The van der Waals surface area contributed by atoms with E-state index in [-0.39, 0.29) is 11.7 Å². The molecule has 0 aliphatic carbocycles. The van der Waals surface area contributed by atoms with Crippen molar-refractivity contribution in [2.45, 2.75) is 38.4 Å². The lowest BCUT2D eigenvalue weighted by Gasteiger charge is -2.38. The Morgan fingerprint density at radius 1 is 1.29 bits per heavy atom. The molecule has 6 heteroatoms. The monoisotopic (exact) mass is 304 g/mol. The van der Waals surface area contributed by atoms with Crippen LogP contribution in [0.4, 0.5) is 23.2 Å². The molecule has 118 valence electrons. The van der Waals surface area contributed by atoms with E-state index < -0.39 is 17.6 Å². The van der Waals surface area contributed by atoms with Crippen LogP contribution < -0.4 is 10.2 Å². The third-order valence-corrected chi connectivity index (χ3v) is 3.84. The molecule has 0 bridgehead atoms. The first-order valence-corrected chi connectivity index (χ1v) is 7.27. The van der Waals surface area contributed by atoms with E-state index in [1.807, 2.05) is 11.8 Å². The Morgan fingerprint density at radius 3 is 2.67 bits per heavy atom. The molecule has 1 aromatic carbocycles. The summed E-state index contributed by atoms with van der Waals surface area (Å²) >= 11 is 0. The third kappa shape index (κ3) is 3.87. The van der Waals surface area contributed by atoms with E-state index in [0.717, 1.165) is 38.4 Å². The number of piperidine rings is 1. The van der Waals surface area contributed by atoms with Gasteiger partial charge in [-0.05, 0) is 44.0 Å². The maximum Gasteiger partial charge on any atom is 0.416 e. The first-order chi connectivity index (χ1) is 9.93. The fourth-order valence-electron chi connectivity index (χ4n) is 2.76. The Balaban J connectivity index is 2.22. The van der Waals surface area contributed by atoms with Crippen LogP contribution in [0.15, 0.2) is 18.2 Å². The van der Waals surface area contributed by atoms with E-state index in [0.29, 0.717) is 12.6 Å². The summed E-state index contributed by atoms with van der Waals surface area (Å²) in [6, 6.07) is 2.93.